The number of nitrogens with zero attached hydrogens (tertiary/aromatic N) is 1. The van der Waals surface area contributed by atoms with Gasteiger partial charge in [0.05, 0.1) is 0 Å². The number of hydrogen-bond donors (Lipinski definition) is 2. The van der Waals surface area contributed by atoms with Gasteiger partial charge in [0, 0.05) is 31.9 Å². The highest BCUT2D eigenvalue weighted by atomic mass is 16.1. The standard InChI is InChI=1S/C17H29N3O/c1-14(17(2,3)4)11-16(21)20-10-6-9-19-13-15-7-5-8-18-12-15/h5,7-8,12,14,19H,6,9-11,13H2,1-4H3,(H,20,21). The summed E-state index contributed by atoms with van der Waals surface area (Å²) in [5.74, 6) is 0.547. The van der Waals surface area contributed by atoms with Gasteiger partial charge >= 0.3 is 0 Å². The molecule has 0 aromatic carbocycles. The van der Waals surface area contributed by atoms with E-state index in [2.05, 4.69) is 49.4 Å². The Hall–Kier alpha value is -1.42. The average molecular weight is 291 g/mol. The van der Waals surface area contributed by atoms with Crippen molar-refractivity contribution >= 4 is 5.91 Å². The third-order valence-corrected chi connectivity index (χ3v) is 3.87. The van der Waals surface area contributed by atoms with Gasteiger partial charge in [-0.25, -0.2) is 0 Å². The molecule has 0 fully saturated rings. The van der Waals surface area contributed by atoms with Crippen molar-refractivity contribution in [1.29, 1.82) is 0 Å². The number of carbonyl (C=O) groups is 1. The highest BCUT2D eigenvalue weighted by molar-refractivity contribution is 5.76. The van der Waals surface area contributed by atoms with Crippen LogP contribution in [0.4, 0.5) is 0 Å². The highest BCUT2D eigenvalue weighted by Crippen LogP contribution is 2.27. The Bertz CT molecular complexity index is 412. The minimum atomic E-state index is 0.157. The zero-order valence-corrected chi connectivity index (χ0v) is 13.8. The topological polar surface area (TPSA) is 54.0 Å². The second-order valence-corrected chi connectivity index (χ2v) is 6.71. The van der Waals surface area contributed by atoms with Crippen LogP contribution in [0.5, 0.6) is 0 Å². The second-order valence-electron chi connectivity index (χ2n) is 6.71. The lowest BCUT2D eigenvalue weighted by molar-refractivity contribution is -0.122. The molecule has 0 saturated carbocycles. The second kappa shape index (κ2) is 8.78. The van der Waals surface area contributed by atoms with Crippen molar-refractivity contribution in [3.63, 3.8) is 0 Å². The normalized spacial score (nSPS) is 13.0. The smallest absolute Gasteiger partial charge is 0.220 e. The molecule has 0 radical (unpaired) electrons. The van der Waals surface area contributed by atoms with Gasteiger partial charge < -0.3 is 10.6 Å². The number of carbonyl (C=O) groups excluding carboxylic acids is 1. The van der Waals surface area contributed by atoms with Gasteiger partial charge in [0.2, 0.25) is 5.91 Å². The molecular formula is C17H29N3O. The lowest BCUT2D eigenvalue weighted by Crippen LogP contribution is -2.31. The zero-order chi connectivity index (χ0) is 15.7. The zero-order valence-electron chi connectivity index (χ0n) is 13.8. The predicted molar refractivity (Wildman–Crippen MR) is 86.8 cm³/mol. The first kappa shape index (κ1) is 17.6. The number of hydrogen-bond acceptors (Lipinski definition) is 3. The maximum absolute atomic E-state index is 11.8. The van der Waals surface area contributed by atoms with Gasteiger partial charge in [0.25, 0.3) is 0 Å². The molecule has 1 amide bonds. The van der Waals surface area contributed by atoms with E-state index in [9.17, 15) is 4.79 Å². The molecule has 1 unspecified atom stereocenters. The molecule has 0 aliphatic heterocycles. The van der Waals surface area contributed by atoms with E-state index in [1.807, 2.05) is 12.3 Å². The molecule has 1 rings (SSSR count). The van der Waals surface area contributed by atoms with Gasteiger partial charge in [0.15, 0.2) is 0 Å². The van der Waals surface area contributed by atoms with E-state index in [1.165, 1.54) is 5.56 Å². The third kappa shape index (κ3) is 7.81. The van der Waals surface area contributed by atoms with Gasteiger partial charge in [-0.2, -0.15) is 0 Å². The fourth-order valence-corrected chi connectivity index (χ4v) is 1.83. The molecule has 4 heteroatoms. The maximum atomic E-state index is 11.8. The maximum Gasteiger partial charge on any atom is 0.220 e. The predicted octanol–water partition coefficient (Wildman–Crippen LogP) is 2.75. The Labute approximate surface area is 128 Å². The van der Waals surface area contributed by atoms with E-state index in [4.69, 9.17) is 0 Å². The van der Waals surface area contributed by atoms with Crippen LogP contribution >= 0.6 is 0 Å². The van der Waals surface area contributed by atoms with Crippen LogP contribution in [0.1, 0.15) is 46.1 Å². The number of aromatic nitrogens is 1. The fourth-order valence-electron chi connectivity index (χ4n) is 1.83. The summed E-state index contributed by atoms with van der Waals surface area (Å²) in [6.45, 7) is 11.1. The Morgan fingerprint density at radius 3 is 2.71 bits per heavy atom. The first-order valence-corrected chi connectivity index (χ1v) is 7.76. The monoisotopic (exact) mass is 291 g/mol. The number of amides is 1. The van der Waals surface area contributed by atoms with E-state index >= 15 is 0 Å². The van der Waals surface area contributed by atoms with Crippen molar-refractivity contribution in [3.8, 4) is 0 Å². The van der Waals surface area contributed by atoms with Crippen molar-refractivity contribution in [2.75, 3.05) is 13.1 Å². The summed E-state index contributed by atoms with van der Waals surface area (Å²) in [7, 11) is 0. The van der Waals surface area contributed by atoms with Gasteiger partial charge in [-0.05, 0) is 35.9 Å². The number of pyridine rings is 1. The third-order valence-electron chi connectivity index (χ3n) is 3.87. The van der Waals surface area contributed by atoms with Crippen molar-refractivity contribution in [2.24, 2.45) is 11.3 Å². The first-order valence-electron chi connectivity index (χ1n) is 7.76. The molecule has 1 heterocycles. The SMILES string of the molecule is CC(CC(=O)NCCCNCc1cccnc1)C(C)(C)C. The summed E-state index contributed by atoms with van der Waals surface area (Å²) in [6.07, 6.45) is 5.18. The molecular weight excluding hydrogens is 262 g/mol. The molecule has 118 valence electrons. The number of nitrogens with one attached hydrogen (secondary N) is 2. The molecule has 4 nitrogen and oxygen atoms in total. The highest BCUT2D eigenvalue weighted by Gasteiger charge is 2.22. The van der Waals surface area contributed by atoms with E-state index < -0.39 is 0 Å². The van der Waals surface area contributed by atoms with E-state index in [-0.39, 0.29) is 11.3 Å². The minimum Gasteiger partial charge on any atom is -0.356 e. The van der Waals surface area contributed by atoms with Crippen molar-refractivity contribution < 1.29 is 4.79 Å². The molecule has 0 aliphatic carbocycles. The molecule has 0 saturated heterocycles. The molecule has 1 aromatic heterocycles. The summed E-state index contributed by atoms with van der Waals surface area (Å²) in [5, 5.41) is 6.34. The molecule has 0 aliphatic rings. The van der Waals surface area contributed by atoms with E-state index in [0.717, 1.165) is 26.1 Å². The fraction of sp³-hybridized carbons (Fsp3) is 0.647. The van der Waals surface area contributed by atoms with Crippen molar-refractivity contribution in [3.05, 3.63) is 30.1 Å². The lowest BCUT2D eigenvalue weighted by atomic mass is 9.80. The Kier molecular flexibility index (Phi) is 7.37. The van der Waals surface area contributed by atoms with Crippen LogP contribution < -0.4 is 10.6 Å². The van der Waals surface area contributed by atoms with Crippen LogP contribution in [0.3, 0.4) is 0 Å². The van der Waals surface area contributed by atoms with Crippen LogP contribution in [0.15, 0.2) is 24.5 Å². The molecule has 1 aromatic rings. The molecule has 0 spiro atoms. The lowest BCUT2D eigenvalue weighted by Gasteiger charge is -2.26. The number of rotatable bonds is 8. The molecule has 1 atom stereocenters. The van der Waals surface area contributed by atoms with Crippen LogP contribution in [0, 0.1) is 11.3 Å². The Morgan fingerprint density at radius 2 is 2.10 bits per heavy atom. The van der Waals surface area contributed by atoms with Gasteiger partial charge in [-0.3, -0.25) is 9.78 Å². The van der Waals surface area contributed by atoms with Crippen LogP contribution in [0.2, 0.25) is 0 Å². The van der Waals surface area contributed by atoms with Gasteiger partial charge in [0.1, 0.15) is 0 Å². The molecule has 0 bridgehead atoms. The van der Waals surface area contributed by atoms with Crippen LogP contribution in [0.25, 0.3) is 0 Å². The summed E-state index contributed by atoms with van der Waals surface area (Å²) < 4.78 is 0. The summed E-state index contributed by atoms with van der Waals surface area (Å²) in [5.41, 5.74) is 1.36. The van der Waals surface area contributed by atoms with E-state index in [1.54, 1.807) is 6.20 Å². The quantitative estimate of drug-likeness (QED) is 0.724. The first-order chi connectivity index (χ1) is 9.89. The van der Waals surface area contributed by atoms with Crippen molar-refractivity contribution in [1.82, 2.24) is 15.6 Å². The van der Waals surface area contributed by atoms with Gasteiger partial charge in [-0.15, -0.1) is 0 Å². The largest absolute Gasteiger partial charge is 0.356 e. The van der Waals surface area contributed by atoms with Gasteiger partial charge in [-0.1, -0.05) is 33.8 Å². The van der Waals surface area contributed by atoms with E-state index in [0.29, 0.717) is 12.3 Å². The molecule has 21 heavy (non-hydrogen) atoms. The summed E-state index contributed by atoms with van der Waals surface area (Å²) in [6, 6.07) is 3.99. The van der Waals surface area contributed by atoms with Crippen LogP contribution in [-0.4, -0.2) is 24.0 Å². The average Bonchev–Trinajstić information content (AvgIpc) is 2.42. The summed E-state index contributed by atoms with van der Waals surface area (Å²) >= 11 is 0. The Morgan fingerprint density at radius 1 is 1.33 bits per heavy atom. The molecule has 2 N–H and O–H groups in total. The minimum absolute atomic E-state index is 0.157. The summed E-state index contributed by atoms with van der Waals surface area (Å²) in [4.78, 5) is 15.9. The Balaban J connectivity index is 2.05. The van der Waals surface area contributed by atoms with Crippen LogP contribution in [-0.2, 0) is 11.3 Å². The van der Waals surface area contributed by atoms with Crippen molar-refractivity contribution in [2.45, 2.75) is 47.1 Å².